The predicted molar refractivity (Wildman–Crippen MR) is 149 cm³/mol. The minimum atomic E-state index is -3.83. The monoisotopic (exact) mass is 580 g/mol. The van der Waals surface area contributed by atoms with Crippen LogP contribution in [0.3, 0.4) is 0 Å². The van der Waals surface area contributed by atoms with Gasteiger partial charge in [-0.1, -0.05) is 65.1 Å². The maximum absolute atomic E-state index is 13.2. The Hall–Kier alpha value is -2.39. The lowest BCUT2D eigenvalue weighted by atomic mass is 10.0. The largest absolute Gasteiger partial charge is 0.256 e. The molecule has 0 fully saturated rings. The first-order valence-corrected chi connectivity index (χ1v) is 13.3. The minimum Gasteiger partial charge on any atom is -0.256 e. The van der Waals surface area contributed by atoms with Gasteiger partial charge in [-0.3, -0.25) is 9.99 Å². The Balaban J connectivity index is 0.00000304. The van der Waals surface area contributed by atoms with Gasteiger partial charge in [0.1, 0.15) is 4.90 Å². The third-order valence-electron chi connectivity index (χ3n) is 5.74. The number of sulfonamides is 1. The minimum absolute atomic E-state index is 0. The first-order valence-electron chi connectivity index (χ1n) is 10.7. The highest BCUT2D eigenvalue weighted by Gasteiger charge is 2.31. The van der Waals surface area contributed by atoms with Crippen molar-refractivity contribution in [3.8, 4) is 0 Å². The molecular weight excluding hydrogens is 562 g/mol. The molecule has 6 nitrogen and oxygen atoms in total. The highest BCUT2D eigenvalue weighted by Crippen LogP contribution is 2.39. The van der Waals surface area contributed by atoms with Gasteiger partial charge < -0.3 is 0 Å². The van der Waals surface area contributed by atoms with E-state index >= 15 is 0 Å². The van der Waals surface area contributed by atoms with Crippen LogP contribution >= 0.6 is 47.2 Å². The summed E-state index contributed by atoms with van der Waals surface area (Å²) in [5, 5.41) is 8.87. The van der Waals surface area contributed by atoms with E-state index in [9.17, 15) is 8.42 Å². The van der Waals surface area contributed by atoms with E-state index in [4.69, 9.17) is 39.9 Å². The van der Waals surface area contributed by atoms with E-state index in [1.165, 1.54) is 0 Å². The van der Waals surface area contributed by atoms with Crippen LogP contribution in [0.5, 0.6) is 0 Å². The summed E-state index contributed by atoms with van der Waals surface area (Å²) in [5.41, 5.74) is 2.73. The Labute approximate surface area is 230 Å². The van der Waals surface area contributed by atoms with E-state index in [0.29, 0.717) is 38.4 Å². The third kappa shape index (κ3) is 5.47. The van der Waals surface area contributed by atoms with E-state index in [2.05, 4.69) is 9.71 Å². The number of fused-ring (bicyclic) bond motifs is 1. The summed E-state index contributed by atoms with van der Waals surface area (Å²) in [5.74, 6) is 0. The maximum atomic E-state index is 13.2. The summed E-state index contributed by atoms with van der Waals surface area (Å²) < 4.78 is 29.0. The van der Waals surface area contributed by atoms with E-state index in [1.54, 1.807) is 47.6 Å². The first-order chi connectivity index (χ1) is 16.8. The van der Waals surface area contributed by atoms with Crippen molar-refractivity contribution in [1.82, 2.24) is 9.71 Å². The van der Waals surface area contributed by atoms with Gasteiger partial charge >= 0.3 is 0 Å². The molecule has 5 rings (SSSR count). The molecule has 0 amide bonds. The fourth-order valence-corrected chi connectivity index (χ4v) is 5.88. The molecule has 1 N–H and O–H groups in total. The fraction of sp³-hybridized carbons (Fsp3) is 0.120. The molecule has 0 bridgehead atoms. The molecule has 1 aliphatic heterocycles. The molecule has 0 saturated heterocycles. The Morgan fingerprint density at radius 3 is 2.42 bits per heavy atom. The zero-order valence-corrected chi connectivity index (χ0v) is 22.5. The molecule has 36 heavy (non-hydrogen) atoms. The number of hydrazone groups is 1. The molecule has 186 valence electrons. The average molecular weight is 582 g/mol. The summed E-state index contributed by atoms with van der Waals surface area (Å²) in [6.07, 6.45) is 2.07. The maximum Gasteiger partial charge on any atom is 0.243 e. The molecule has 0 aliphatic carbocycles. The number of nitrogens with zero attached hydrogens (tertiary/aromatic N) is 3. The Morgan fingerprint density at radius 1 is 0.944 bits per heavy atom. The quantitative estimate of drug-likeness (QED) is 0.269. The number of para-hydroxylation sites is 1. The normalized spacial score (nSPS) is 15.6. The van der Waals surface area contributed by atoms with Crippen molar-refractivity contribution in [1.29, 1.82) is 0 Å². The zero-order chi connectivity index (χ0) is 24.6. The van der Waals surface area contributed by atoms with Crippen molar-refractivity contribution >= 4 is 79.5 Å². The zero-order valence-electron chi connectivity index (χ0n) is 18.6. The van der Waals surface area contributed by atoms with Gasteiger partial charge in [0.25, 0.3) is 0 Å². The van der Waals surface area contributed by atoms with Gasteiger partial charge in [-0.25, -0.2) is 13.1 Å². The van der Waals surface area contributed by atoms with Gasteiger partial charge in [-0.15, -0.1) is 12.4 Å². The van der Waals surface area contributed by atoms with Crippen LogP contribution in [0.1, 0.15) is 18.0 Å². The fourth-order valence-electron chi connectivity index (χ4n) is 4.06. The summed E-state index contributed by atoms with van der Waals surface area (Å²) >= 11 is 18.7. The Morgan fingerprint density at radius 2 is 1.67 bits per heavy atom. The Kier molecular flexibility index (Phi) is 8.09. The standard InChI is InChI=1S/C25H19Cl3N4O2S.ClH/c26-18-8-6-16(7-9-18)23-14-20(31-32(23)22-11-10-19(27)13-21(22)28)15-30-35(33,34)24-5-1-3-17-4-2-12-29-25(17)24;/h1-13,23,30H,14-15H2;1H. The number of halogens is 4. The number of nitrogens with one attached hydrogen (secondary N) is 1. The summed E-state index contributed by atoms with van der Waals surface area (Å²) in [6, 6.07) is 21.1. The SMILES string of the molecule is Cl.O=S(=O)(NCC1=NN(c2ccc(Cl)cc2Cl)C(c2ccc(Cl)cc2)C1)c1cccc2cccnc12. The van der Waals surface area contributed by atoms with Crippen molar-refractivity contribution < 1.29 is 8.42 Å². The van der Waals surface area contributed by atoms with Crippen molar-refractivity contribution in [2.24, 2.45) is 5.10 Å². The molecular formula is C25H20Cl4N4O2S. The molecule has 3 aromatic carbocycles. The van der Waals surface area contributed by atoms with E-state index in [-0.39, 0.29) is 29.9 Å². The molecule has 0 saturated carbocycles. The molecule has 1 unspecified atom stereocenters. The highest BCUT2D eigenvalue weighted by molar-refractivity contribution is 7.89. The number of aromatic nitrogens is 1. The molecule has 2 heterocycles. The van der Waals surface area contributed by atoms with Crippen LogP contribution in [-0.2, 0) is 10.0 Å². The molecule has 1 atom stereocenters. The second kappa shape index (κ2) is 10.9. The molecule has 0 spiro atoms. The average Bonchev–Trinajstić information content (AvgIpc) is 3.27. The molecule has 4 aromatic rings. The van der Waals surface area contributed by atoms with Crippen molar-refractivity contribution in [3.63, 3.8) is 0 Å². The summed E-state index contributed by atoms with van der Waals surface area (Å²) in [4.78, 5) is 4.39. The van der Waals surface area contributed by atoms with Gasteiger partial charge in [0.05, 0.1) is 34.5 Å². The highest BCUT2D eigenvalue weighted by atomic mass is 35.5. The lowest BCUT2D eigenvalue weighted by molar-refractivity contribution is 0.587. The van der Waals surface area contributed by atoms with Crippen molar-refractivity contribution in [2.75, 3.05) is 11.6 Å². The topological polar surface area (TPSA) is 74.7 Å². The number of benzene rings is 3. The lowest BCUT2D eigenvalue weighted by Crippen LogP contribution is -2.29. The molecule has 1 aliphatic rings. The van der Waals surface area contributed by atoms with Crippen LogP contribution in [0, 0.1) is 0 Å². The number of hydrogen-bond donors (Lipinski definition) is 1. The number of pyridine rings is 1. The second-order valence-corrected chi connectivity index (χ2v) is 11.0. The van der Waals surface area contributed by atoms with Crippen LogP contribution in [-0.4, -0.2) is 25.7 Å². The third-order valence-corrected chi connectivity index (χ3v) is 7.96. The van der Waals surface area contributed by atoms with Crippen LogP contribution in [0.2, 0.25) is 15.1 Å². The Bertz CT molecular complexity index is 1540. The molecule has 11 heteroatoms. The molecule has 0 radical (unpaired) electrons. The summed E-state index contributed by atoms with van der Waals surface area (Å²) in [6.45, 7) is 0.0390. The van der Waals surface area contributed by atoms with Crippen LogP contribution in [0.15, 0.2) is 89.0 Å². The summed E-state index contributed by atoms with van der Waals surface area (Å²) in [7, 11) is -3.83. The van der Waals surface area contributed by atoms with Crippen molar-refractivity contribution in [2.45, 2.75) is 17.4 Å². The van der Waals surface area contributed by atoms with Gasteiger partial charge in [0.2, 0.25) is 10.0 Å². The lowest BCUT2D eigenvalue weighted by Gasteiger charge is -2.25. The van der Waals surface area contributed by atoms with Crippen LogP contribution in [0.4, 0.5) is 5.69 Å². The van der Waals surface area contributed by atoms with Gasteiger partial charge in [0, 0.05) is 28.0 Å². The van der Waals surface area contributed by atoms with E-state index in [0.717, 1.165) is 10.9 Å². The molecule has 1 aromatic heterocycles. The predicted octanol–water partition coefficient (Wildman–Crippen LogP) is 6.90. The number of anilines is 1. The van der Waals surface area contributed by atoms with Gasteiger partial charge in [-0.2, -0.15) is 5.10 Å². The van der Waals surface area contributed by atoms with Crippen LogP contribution < -0.4 is 9.73 Å². The van der Waals surface area contributed by atoms with Gasteiger partial charge in [-0.05, 0) is 48.0 Å². The van der Waals surface area contributed by atoms with Crippen LogP contribution in [0.25, 0.3) is 10.9 Å². The second-order valence-electron chi connectivity index (χ2n) is 8.03. The number of rotatable bonds is 6. The van der Waals surface area contributed by atoms with E-state index < -0.39 is 10.0 Å². The van der Waals surface area contributed by atoms with Crippen molar-refractivity contribution in [3.05, 3.63) is 99.6 Å². The van der Waals surface area contributed by atoms with E-state index in [1.807, 2.05) is 36.4 Å². The number of hydrogen-bond acceptors (Lipinski definition) is 5. The first kappa shape index (κ1) is 26.7. The smallest absolute Gasteiger partial charge is 0.243 e. The van der Waals surface area contributed by atoms with Gasteiger partial charge in [0.15, 0.2) is 0 Å².